The summed E-state index contributed by atoms with van der Waals surface area (Å²) in [4.78, 5) is 11.9. The lowest BCUT2D eigenvalue weighted by molar-refractivity contribution is -0.136. The number of thiophene rings is 1. The molecule has 0 atom stereocenters. The first-order valence-corrected chi connectivity index (χ1v) is 13.1. The summed E-state index contributed by atoms with van der Waals surface area (Å²) in [5, 5.41) is 9.76. The molecule has 4 aromatic rings. The number of aromatic nitrogens is 1. The molecule has 0 amide bonds. The average molecular weight is 500 g/mol. The summed E-state index contributed by atoms with van der Waals surface area (Å²) in [5.41, 5.74) is 2.02. The van der Waals surface area contributed by atoms with Gasteiger partial charge in [0.1, 0.15) is 15.7 Å². The van der Waals surface area contributed by atoms with Gasteiger partial charge in [0.2, 0.25) is 0 Å². The van der Waals surface area contributed by atoms with Gasteiger partial charge < -0.3 is 14.6 Å². The fraction of sp³-hybridized carbons (Fsp3) is 0.240. The van der Waals surface area contributed by atoms with Crippen LogP contribution >= 0.6 is 11.3 Å². The van der Waals surface area contributed by atoms with E-state index in [9.17, 15) is 13.2 Å². The highest BCUT2D eigenvalue weighted by atomic mass is 32.2. The fourth-order valence-electron chi connectivity index (χ4n) is 3.66. The minimum Gasteiger partial charge on any atom is -0.497 e. The molecular weight excluding hydrogens is 474 g/mol. The van der Waals surface area contributed by atoms with Gasteiger partial charge in [0.25, 0.3) is 10.0 Å². The summed E-state index contributed by atoms with van der Waals surface area (Å²) in [6.07, 6.45) is 2.55. The summed E-state index contributed by atoms with van der Waals surface area (Å²) in [6, 6.07) is 16.1. The van der Waals surface area contributed by atoms with Crippen molar-refractivity contribution in [3.8, 4) is 21.9 Å². The van der Waals surface area contributed by atoms with Crippen molar-refractivity contribution in [2.75, 3.05) is 13.7 Å². The van der Waals surface area contributed by atoms with Gasteiger partial charge in [-0.1, -0.05) is 6.92 Å². The Balaban J connectivity index is 1.70. The molecule has 9 heteroatoms. The third kappa shape index (κ3) is 4.80. The third-order valence-corrected chi connectivity index (χ3v) is 8.65. The van der Waals surface area contributed by atoms with Gasteiger partial charge >= 0.3 is 5.97 Å². The number of methoxy groups -OCH3 is 1. The van der Waals surface area contributed by atoms with Crippen LogP contribution in [0.25, 0.3) is 21.3 Å². The zero-order valence-electron chi connectivity index (χ0n) is 18.9. The Morgan fingerprint density at radius 3 is 2.47 bits per heavy atom. The number of carboxylic acids is 1. The average Bonchev–Trinajstić information content (AvgIpc) is 3.47. The highest BCUT2D eigenvalue weighted by Gasteiger charge is 2.24. The summed E-state index contributed by atoms with van der Waals surface area (Å²) >= 11 is 1.19. The Hall–Kier alpha value is -3.30. The van der Waals surface area contributed by atoms with Crippen LogP contribution in [0.2, 0.25) is 0 Å². The molecule has 0 bridgehead atoms. The standard InChI is InChI=1S/C25H25NO6S2/c1-3-14-32-19-7-4-17(5-8-19)23-11-13-25(33-23)34(29,30)26-16-18(6-12-24(27)28)21-15-20(31-2)9-10-22(21)26/h4-5,7-11,13,15-16H,3,6,12,14H2,1-2H3,(H,27,28). The molecule has 0 saturated heterocycles. The number of aliphatic carboxylic acids is 1. The molecule has 178 valence electrons. The Morgan fingerprint density at radius 2 is 1.79 bits per heavy atom. The Kier molecular flexibility index (Phi) is 6.95. The minimum absolute atomic E-state index is 0.0997. The molecule has 0 fully saturated rings. The molecule has 0 aliphatic carbocycles. The number of ether oxygens (including phenoxy) is 2. The highest BCUT2D eigenvalue weighted by Crippen LogP contribution is 2.35. The smallest absolute Gasteiger partial charge is 0.303 e. The maximum atomic E-state index is 13.6. The number of hydrogen-bond donors (Lipinski definition) is 1. The summed E-state index contributed by atoms with van der Waals surface area (Å²) in [7, 11) is -2.36. The van der Waals surface area contributed by atoms with E-state index in [2.05, 4.69) is 0 Å². The maximum absolute atomic E-state index is 13.6. The molecule has 0 unspecified atom stereocenters. The number of aryl methyl sites for hydroxylation is 1. The number of rotatable bonds is 10. The van der Waals surface area contributed by atoms with Gasteiger partial charge in [-0.15, -0.1) is 11.3 Å². The lowest BCUT2D eigenvalue weighted by atomic mass is 10.1. The molecule has 2 aromatic carbocycles. The van der Waals surface area contributed by atoms with Crippen molar-refractivity contribution < 1.29 is 27.8 Å². The molecule has 7 nitrogen and oxygen atoms in total. The minimum atomic E-state index is -3.89. The van der Waals surface area contributed by atoms with E-state index in [0.717, 1.165) is 22.6 Å². The lowest BCUT2D eigenvalue weighted by Crippen LogP contribution is -2.10. The maximum Gasteiger partial charge on any atom is 0.303 e. The van der Waals surface area contributed by atoms with Crippen molar-refractivity contribution in [3.63, 3.8) is 0 Å². The molecule has 1 N–H and O–H groups in total. The Bertz CT molecular complexity index is 1420. The van der Waals surface area contributed by atoms with Crippen LogP contribution in [-0.4, -0.2) is 37.2 Å². The van der Waals surface area contributed by atoms with Gasteiger partial charge in [-0.25, -0.2) is 3.97 Å². The van der Waals surface area contributed by atoms with Crippen molar-refractivity contribution >= 4 is 38.2 Å². The predicted octanol–water partition coefficient (Wildman–Crippen LogP) is 5.42. The first-order valence-electron chi connectivity index (χ1n) is 10.8. The van der Waals surface area contributed by atoms with Crippen LogP contribution in [0.3, 0.4) is 0 Å². The topological polar surface area (TPSA) is 94.8 Å². The van der Waals surface area contributed by atoms with E-state index in [1.165, 1.54) is 28.6 Å². The molecule has 0 aliphatic heterocycles. The zero-order valence-corrected chi connectivity index (χ0v) is 20.5. The van der Waals surface area contributed by atoms with E-state index in [-0.39, 0.29) is 17.1 Å². The number of fused-ring (bicyclic) bond motifs is 1. The van der Waals surface area contributed by atoms with E-state index in [1.54, 1.807) is 30.3 Å². The van der Waals surface area contributed by atoms with E-state index in [0.29, 0.717) is 28.8 Å². The molecule has 0 spiro atoms. The van der Waals surface area contributed by atoms with Crippen LogP contribution in [0.5, 0.6) is 11.5 Å². The van der Waals surface area contributed by atoms with Crippen LogP contribution in [0, 0.1) is 0 Å². The van der Waals surface area contributed by atoms with Gasteiger partial charge in [-0.05, 0) is 78.6 Å². The zero-order chi connectivity index (χ0) is 24.3. The van der Waals surface area contributed by atoms with Crippen molar-refractivity contribution in [1.29, 1.82) is 0 Å². The van der Waals surface area contributed by atoms with Crippen molar-refractivity contribution in [1.82, 2.24) is 3.97 Å². The van der Waals surface area contributed by atoms with E-state index < -0.39 is 16.0 Å². The molecule has 0 saturated carbocycles. The van der Waals surface area contributed by atoms with E-state index in [1.807, 2.05) is 31.2 Å². The second-order valence-electron chi connectivity index (χ2n) is 7.72. The predicted molar refractivity (Wildman–Crippen MR) is 133 cm³/mol. The quantitative estimate of drug-likeness (QED) is 0.313. The van der Waals surface area contributed by atoms with Crippen molar-refractivity contribution in [2.24, 2.45) is 0 Å². The molecule has 4 rings (SSSR count). The van der Waals surface area contributed by atoms with E-state index >= 15 is 0 Å². The second kappa shape index (κ2) is 9.90. The van der Waals surface area contributed by atoms with Gasteiger partial charge in [0.15, 0.2) is 0 Å². The van der Waals surface area contributed by atoms with Crippen LogP contribution < -0.4 is 9.47 Å². The molecular formula is C25H25NO6S2. The number of nitrogens with zero attached hydrogens (tertiary/aromatic N) is 1. The fourth-order valence-corrected chi connectivity index (χ4v) is 6.45. The molecule has 2 aromatic heterocycles. The largest absolute Gasteiger partial charge is 0.497 e. The molecule has 34 heavy (non-hydrogen) atoms. The monoisotopic (exact) mass is 499 g/mol. The lowest BCUT2D eigenvalue weighted by Gasteiger charge is -2.06. The van der Waals surface area contributed by atoms with Crippen LogP contribution in [0.4, 0.5) is 0 Å². The van der Waals surface area contributed by atoms with Crippen LogP contribution in [0.15, 0.2) is 65.0 Å². The van der Waals surface area contributed by atoms with Crippen LogP contribution in [-0.2, 0) is 21.2 Å². The number of carbonyl (C=O) groups is 1. The summed E-state index contributed by atoms with van der Waals surface area (Å²) in [6.45, 7) is 2.69. The summed E-state index contributed by atoms with van der Waals surface area (Å²) < 4.78 is 39.5. The first kappa shape index (κ1) is 23.8. The van der Waals surface area contributed by atoms with E-state index in [4.69, 9.17) is 14.6 Å². The normalized spacial score (nSPS) is 11.6. The number of benzene rings is 2. The van der Waals surface area contributed by atoms with Gasteiger partial charge in [0.05, 0.1) is 19.2 Å². The Morgan fingerprint density at radius 1 is 1.06 bits per heavy atom. The van der Waals surface area contributed by atoms with Crippen LogP contribution in [0.1, 0.15) is 25.3 Å². The number of hydrogen-bond acceptors (Lipinski definition) is 6. The summed E-state index contributed by atoms with van der Waals surface area (Å²) in [5.74, 6) is 0.405. The van der Waals surface area contributed by atoms with Gasteiger partial charge in [0, 0.05) is 22.9 Å². The SMILES string of the molecule is CCCOc1ccc(-c2ccc(S(=O)(=O)n3cc(CCC(=O)O)c4cc(OC)ccc43)s2)cc1. The molecule has 0 radical (unpaired) electrons. The van der Waals surface area contributed by atoms with Crippen molar-refractivity contribution in [2.45, 2.75) is 30.4 Å². The molecule has 2 heterocycles. The second-order valence-corrected chi connectivity index (χ2v) is 10.8. The number of carboxylic acid groups (broad SMARTS) is 1. The Labute approximate surface area is 202 Å². The molecule has 0 aliphatic rings. The van der Waals surface area contributed by atoms with Gasteiger partial charge in [-0.2, -0.15) is 8.42 Å². The third-order valence-electron chi connectivity index (χ3n) is 5.37. The van der Waals surface area contributed by atoms with Crippen molar-refractivity contribution in [3.05, 3.63) is 66.4 Å². The van der Waals surface area contributed by atoms with Gasteiger partial charge in [-0.3, -0.25) is 4.79 Å². The first-order chi connectivity index (χ1) is 16.3. The highest BCUT2D eigenvalue weighted by molar-refractivity contribution is 7.92.